The molecule has 0 unspecified atom stereocenters. The minimum Gasteiger partial charge on any atom is -0.352 e. The number of benzene rings is 2. The monoisotopic (exact) mass is 441 g/mol. The van der Waals surface area contributed by atoms with Gasteiger partial charge in [-0.05, 0) is 74.1 Å². The van der Waals surface area contributed by atoms with Gasteiger partial charge in [-0.15, -0.1) is 0 Å². The number of rotatable bonds is 6. The first-order valence-electron chi connectivity index (χ1n) is 10.8. The molecule has 1 atom stereocenters. The average Bonchev–Trinajstić information content (AvgIpc) is 3.61. The zero-order chi connectivity index (χ0) is 22.7. The molecule has 6 nitrogen and oxygen atoms in total. The molecule has 32 heavy (non-hydrogen) atoms. The Hall–Kier alpha value is -3.29. The van der Waals surface area contributed by atoms with Crippen LogP contribution >= 0.6 is 0 Å². The summed E-state index contributed by atoms with van der Waals surface area (Å²) in [5.41, 5.74) is 0.561. The first kappa shape index (κ1) is 21.9. The third-order valence-corrected chi connectivity index (χ3v) is 5.97. The van der Waals surface area contributed by atoms with Crippen LogP contribution in [0.15, 0.2) is 48.5 Å². The lowest BCUT2D eigenvalue weighted by Gasteiger charge is -2.36. The van der Waals surface area contributed by atoms with Crippen LogP contribution in [0.25, 0.3) is 0 Å². The lowest BCUT2D eigenvalue weighted by atomic mass is 9.88. The Labute approximate surface area is 185 Å². The third-order valence-electron chi connectivity index (χ3n) is 5.97. The van der Waals surface area contributed by atoms with E-state index >= 15 is 0 Å². The standard InChI is InChI=1S/C24H25F2N3O3/c25-18-6-4-16(5-7-18)22(30)28-21(23(31)27-20-8-9-20)15-10-12-29(13-11-15)24(32)17-2-1-3-19(26)14-17/h1-7,14-15,20-21H,8-13H2,(H,27,31)(H,28,30)/t21-/m1/s1. The summed E-state index contributed by atoms with van der Waals surface area (Å²) in [5, 5.41) is 5.76. The highest BCUT2D eigenvalue weighted by Crippen LogP contribution is 2.25. The van der Waals surface area contributed by atoms with Gasteiger partial charge in [0.15, 0.2) is 0 Å². The van der Waals surface area contributed by atoms with Crippen LogP contribution < -0.4 is 10.6 Å². The van der Waals surface area contributed by atoms with Crippen molar-refractivity contribution >= 4 is 17.7 Å². The van der Waals surface area contributed by atoms with Crippen molar-refractivity contribution in [1.29, 1.82) is 0 Å². The molecular weight excluding hydrogens is 416 g/mol. The summed E-state index contributed by atoms with van der Waals surface area (Å²) in [4.78, 5) is 39.9. The molecule has 1 heterocycles. The van der Waals surface area contributed by atoms with Gasteiger partial charge in [0.25, 0.3) is 11.8 Å². The molecule has 2 aromatic rings. The van der Waals surface area contributed by atoms with Crippen LogP contribution in [0.1, 0.15) is 46.4 Å². The molecule has 8 heteroatoms. The maximum absolute atomic E-state index is 13.5. The summed E-state index contributed by atoms with van der Waals surface area (Å²) in [7, 11) is 0. The molecule has 2 aromatic carbocycles. The number of amides is 3. The summed E-state index contributed by atoms with van der Waals surface area (Å²) in [5.74, 6) is -2.00. The Kier molecular flexibility index (Phi) is 6.48. The molecule has 1 saturated heterocycles. The van der Waals surface area contributed by atoms with Crippen LogP contribution in [-0.2, 0) is 4.79 Å². The smallest absolute Gasteiger partial charge is 0.253 e. The van der Waals surface area contributed by atoms with Gasteiger partial charge in [0.05, 0.1) is 0 Å². The second-order valence-electron chi connectivity index (χ2n) is 8.38. The number of likely N-dealkylation sites (tertiary alicyclic amines) is 1. The Balaban J connectivity index is 1.42. The average molecular weight is 441 g/mol. The van der Waals surface area contributed by atoms with Crippen LogP contribution in [-0.4, -0.2) is 47.8 Å². The Morgan fingerprint density at radius 2 is 1.56 bits per heavy atom. The van der Waals surface area contributed by atoms with E-state index < -0.39 is 23.6 Å². The van der Waals surface area contributed by atoms with Gasteiger partial charge in [0, 0.05) is 30.3 Å². The van der Waals surface area contributed by atoms with Gasteiger partial charge in [-0.2, -0.15) is 0 Å². The molecule has 1 saturated carbocycles. The molecule has 0 aromatic heterocycles. The Bertz CT molecular complexity index is 1000. The zero-order valence-corrected chi connectivity index (χ0v) is 17.5. The number of hydrogen-bond donors (Lipinski definition) is 2. The van der Waals surface area contributed by atoms with E-state index in [1.165, 1.54) is 42.5 Å². The van der Waals surface area contributed by atoms with E-state index in [-0.39, 0.29) is 34.9 Å². The van der Waals surface area contributed by atoms with E-state index in [2.05, 4.69) is 10.6 Å². The van der Waals surface area contributed by atoms with Gasteiger partial charge in [0.2, 0.25) is 5.91 Å². The van der Waals surface area contributed by atoms with Gasteiger partial charge >= 0.3 is 0 Å². The molecular formula is C24H25F2N3O3. The summed E-state index contributed by atoms with van der Waals surface area (Å²) in [6.07, 6.45) is 2.89. The van der Waals surface area contributed by atoms with Crippen molar-refractivity contribution in [2.45, 2.75) is 37.8 Å². The normalized spacial score (nSPS) is 17.5. The molecule has 1 aliphatic carbocycles. The number of carbonyl (C=O) groups excluding carboxylic acids is 3. The van der Waals surface area contributed by atoms with E-state index in [1.807, 2.05) is 0 Å². The van der Waals surface area contributed by atoms with Crippen molar-refractivity contribution in [3.63, 3.8) is 0 Å². The molecule has 2 N–H and O–H groups in total. The molecule has 2 fully saturated rings. The molecule has 0 radical (unpaired) electrons. The van der Waals surface area contributed by atoms with Gasteiger partial charge in [0.1, 0.15) is 17.7 Å². The molecule has 4 rings (SSSR count). The number of piperidine rings is 1. The SMILES string of the molecule is O=C(N[C@@H](C(=O)NC1CC1)C1CCN(C(=O)c2cccc(F)c2)CC1)c1ccc(F)cc1. The molecule has 1 aliphatic heterocycles. The van der Waals surface area contributed by atoms with E-state index in [1.54, 1.807) is 11.0 Å². The first-order chi connectivity index (χ1) is 15.4. The summed E-state index contributed by atoms with van der Waals surface area (Å²) >= 11 is 0. The van der Waals surface area contributed by atoms with Crippen LogP contribution in [0.2, 0.25) is 0 Å². The van der Waals surface area contributed by atoms with Crippen molar-refractivity contribution < 1.29 is 23.2 Å². The first-order valence-corrected chi connectivity index (χ1v) is 10.8. The maximum Gasteiger partial charge on any atom is 0.253 e. The molecule has 2 aliphatic rings. The largest absolute Gasteiger partial charge is 0.352 e. The fourth-order valence-electron chi connectivity index (χ4n) is 3.98. The van der Waals surface area contributed by atoms with Crippen molar-refractivity contribution in [3.05, 3.63) is 71.3 Å². The van der Waals surface area contributed by atoms with Crippen molar-refractivity contribution in [2.24, 2.45) is 5.92 Å². The number of hydrogen-bond acceptors (Lipinski definition) is 3. The predicted octanol–water partition coefficient (Wildman–Crippen LogP) is 2.89. The highest BCUT2D eigenvalue weighted by atomic mass is 19.1. The highest BCUT2D eigenvalue weighted by molar-refractivity contribution is 5.98. The maximum atomic E-state index is 13.5. The fourth-order valence-corrected chi connectivity index (χ4v) is 3.98. The summed E-state index contributed by atoms with van der Waals surface area (Å²) in [6, 6.07) is 10.1. The fraction of sp³-hybridized carbons (Fsp3) is 0.375. The zero-order valence-electron chi connectivity index (χ0n) is 17.5. The van der Waals surface area contributed by atoms with Crippen molar-refractivity contribution in [3.8, 4) is 0 Å². The van der Waals surface area contributed by atoms with E-state index in [0.29, 0.717) is 25.9 Å². The lowest BCUT2D eigenvalue weighted by Crippen LogP contribution is -2.54. The minimum absolute atomic E-state index is 0.141. The van der Waals surface area contributed by atoms with Gasteiger partial charge < -0.3 is 15.5 Å². The van der Waals surface area contributed by atoms with E-state index in [0.717, 1.165) is 12.8 Å². The van der Waals surface area contributed by atoms with Crippen LogP contribution in [0, 0.1) is 17.6 Å². The minimum atomic E-state index is -0.750. The summed E-state index contributed by atoms with van der Waals surface area (Å²) < 4.78 is 26.6. The van der Waals surface area contributed by atoms with Crippen LogP contribution in [0.3, 0.4) is 0 Å². The second kappa shape index (κ2) is 9.46. The quantitative estimate of drug-likeness (QED) is 0.724. The Morgan fingerprint density at radius 1 is 0.875 bits per heavy atom. The number of nitrogens with one attached hydrogen (secondary N) is 2. The molecule has 168 valence electrons. The van der Waals surface area contributed by atoms with Gasteiger partial charge in [-0.25, -0.2) is 8.78 Å². The number of halogens is 2. The summed E-state index contributed by atoms with van der Waals surface area (Å²) in [6.45, 7) is 0.805. The highest BCUT2D eigenvalue weighted by Gasteiger charge is 2.36. The molecule has 0 spiro atoms. The predicted molar refractivity (Wildman–Crippen MR) is 114 cm³/mol. The molecule has 0 bridgehead atoms. The number of carbonyl (C=O) groups is 3. The van der Waals surface area contributed by atoms with Crippen LogP contribution in [0.4, 0.5) is 8.78 Å². The lowest BCUT2D eigenvalue weighted by molar-refractivity contribution is -0.124. The molecule has 3 amide bonds. The van der Waals surface area contributed by atoms with Crippen LogP contribution in [0.5, 0.6) is 0 Å². The Morgan fingerprint density at radius 3 is 2.19 bits per heavy atom. The van der Waals surface area contributed by atoms with E-state index in [4.69, 9.17) is 0 Å². The third kappa shape index (κ3) is 5.30. The van der Waals surface area contributed by atoms with E-state index in [9.17, 15) is 23.2 Å². The topological polar surface area (TPSA) is 78.5 Å². The van der Waals surface area contributed by atoms with Gasteiger partial charge in [-0.1, -0.05) is 6.07 Å². The van der Waals surface area contributed by atoms with Crippen molar-refractivity contribution in [1.82, 2.24) is 15.5 Å². The van der Waals surface area contributed by atoms with Gasteiger partial charge in [-0.3, -0.25) is 14.4 Å². The van der Waals surface area contributed by atoms with Crippen molar-refractivity contribution in [2.75, 3.05) is 13.1 Å². The number of nitrogens with zero attached hydrogens (tertiary/aromatic N) is 1. The second-order valence-corrected chi connectivity index (χ2v) is 8.38.